The number of phenols is 1. The highest BCUT2D eigenvalue weighted by Gasteiger charge is 2.20. The second-order valence-corrected chi connectivity index (χ2v) is 5.59. The van der Waals surface area contributed by atoms with Crippen LogP contribution in [-0.4, -0.2) is 47.6 Å². The summed E-state index contributed by atoms with van der Waals surface area (Å²) in [6, 6.07) is 6.06. The number of likely N-dealkylation sites (N-methyl/N-ethyl adjacent to an activating group) is 1. The van der Waals surface area contributed by atoms with Gasteiger partial charge in [0.25, 0.3) is 0 Å². The highest BCUT2D eigenvalue weighted by Crippen LogP contribution is 2.28. The molecule has 0 radical (unpaired) electrons. The molecule has 100 valence electrons. The molecule has 0 bridgehead atoms. The Hall–Kier alpha value is -0.770. The summed E-state index contributed by atoms with van der Waals surface area (Å²) < 4.78 is 0. The van der Waals surface area contributed by atoms with Crippen molar-refractivity contribution in [1.82, 2.24) is 9.80 Å². The zero-order valence-corrected chi connectivity index (χ0v) is 11.8. The number of phenolic OH excluding ortho intramolecular Hbond substituents is 1. The van der Waals surface area contributed by atoms with Crippen molar-refractivity contribution in [2.24, 2.45) is 0 Å². The Morgan fingerprint density at radius 2 is 2.17 bits per heavy atom. The lowest BCUT2D eigenvalue weighted by Crippen LogP contribution is -2.37. The highest BCUT2D eigenvalue weighted by molar-refractivity contribution is 6.32. The smallest absolute Gasteiger partial charge is 0.138 e. The Balaban J connectivity index is 2.10. The van der Waals surface area contributed by atoms with E-state index in [1.807, 2.05) is 12.1 Å². The minimum atomic E-state index is 0.226. The first-order chi connectivity index (χ1) is 8.58. The molecule has 1 N–H and O–H groups in total. The Labute approximate surface area is 114 Å². The lowest BCUT2D eigenvalue weighted by molar-refractivity contribution is 0.193. The zero-order chi connectivity index (χ0) is 13.1. The van der Waals surface area contributed by atoms with Crippen LogP contribution in [0.1, 0.15) is 18.9 Å². The summed E-state index contributed by atoms with van der Waals surface area (Å²) in [6.07, 6.45) is 1.17. The van der Waals surface area contributed by atoms with Crippen molar-refractivity contribution in [3.63, 3.8) is 0 Å². The fourth-order valence-corrected chi connectivity index (χ4v) is 2.76. The minimum Gasteiger partial charge on any atom is -0.506 e. The topological polar surface area (TPSA) is 26.7 Å². The molecule has 0 amide bonds. The number of hydrogen-bond acceptors (Lipinski definition) is 3. The van der Waals surface area contributed by atoms with Crippen LogP contribution in [-0.2, 0) is 6.54 Å². The van der Waals surface area contributed by atoms with E-state index < -0.39 is 0 Å². The van der Waals surface area contributed by atoms with Gasteiger partial charge in [-0.15, -0.1) is 0 Å². The Kier molecular flexibility index (Phi) is 4.49. The first kappa shape index (κ1) is 13.7. The minimum absolute atomic E-state index is 0.226. The summed E-state index contributed by atoms with van der Waals surface area (Å²) in [6.45, 7) is 6.28. The van der Waals surface area contributed by atoms with Crippen molar-refractivity contribution in [3.8, 4) is 5.75 Å². The number of aromatic hydroxyl groups is 1. The Morgan fingerprint density at radius 1 is 1.39 bits per heavy atom. The van der Waals surface area contributed by atoms with Crippen LogP contribution in [0.25, 0.3) is 0 Å². The van der Waals surface area contributed by atoms with E-state index in [1.54, 1.807) is 6.07 Å². The molecule has 1 unspecified atom stereocenters. The molecule has 1 aliphatic heterocycles. The normalized spacial score (nSPS) is 22.9. The van der Waals surface area contributed by atoms with Gasteiger partial charge in [-0.05, 0) is 33.0 Å². The third kappa shape index (κ3) is 3.16. The monoisotopic (exact) mass is 268 g/mol. The van der Waals surface area contributed by atoms with E-state index in [-0.39, 0.29) is 5.75 Å². The summed E-state index contributed by atoms with van der Waals surface area (Å²) in [5.41, 5.74) is 0.916. The fourth-order valence-electron chi connectivity index (χ4n) is 2.56. The second kappa shape index (κ2) is 5.91. The molecule has 3 nitrogen and oxygen atoms in total. The Morgan fingerprint density at radius 3 is 2.94 bits per heavy atom. The molecule has 18 heavy (non-hydrogen) atoms. The van der Waals surface area contributed by atoms with Gasteiger partial charge in [-0.25, -0.2) is 0 Å². The van der Waals surface area contributed by atoms with Gasteiger partial charge in [0.05, 0.1) is 5.02 Å². The molecule has 1 aromatic carbocycles. The third-order valence-corrected chi connectivity index (χ3v) is 3.93. The largest absolute Gasteiger partial charge is 0.506 e. The second-order valence-electron chi connectivity index (χ2n) is 5.18. The molecule has 4 heteroatoms. The maximum atomic E-state index is 9.97. The van der Waals surface area contributed by atoms with E-state index in [1.165, 1.54) is 6.42 Å². The molecule has 1 atom stereocenters. The summed E-state index contributed by atoms with van der Waals surface area (Å²) in [5, 5.41) is 10.4. The van der Waals surface area contributed by atoms with Gasteiger partial charge in [0.2, 0.25) is 0 Å². The van der Waals surface area contributed by atoms with Crippen molar-refractivity contribution in [2.45, 2.75) is 25.9 Å². The van der Waals surface area contributed by atoms with Crippen LogP contribution in [0.3, 0.4) is 0 Å². The summed E-state index contributed by atoms with van der Waals surface area (Å²) in [4.78, 5) is 4.78. The lowest BCUT2D eigenvalue weighted by atomic mass is 10.1. The van der Waals surface area contributed by atoms with Gasteiger partial charge < -0.3 is 10.0 Å². The van der Waals surface area contributed by atoms with Gasteiger partial charge in [-0.3, -0.25) is 4.90 Å². The summed E-state index contributed by atoms with van der Waals surface area (Å²) in [7, 11) is 2.16. The molecule has 1 aromatic rings. The van der Waals surface area contributed by atoms with E-state index in [0.717, 1.165) is 31.7 Å². The van der Waals surface area contributed by atoms with Crippen molar-refractivity contribution in [3.05, 3.63) is 28.8 Å². The van der Waals surface area contributed by atoms with Crippen molar-refractivity contribution < 1.29 is 5.11 Å². The molecule has 1 aliphatic rings. The van der Waals surface area contributed by atoms with Gasteiger partial charge in [0.15, 0.2) is 0 Å². The van der Waals surface area contributed by atoms with Crippen LogP contribution in [0.15, 0.2) is 18.2 Å². The SMILES string of the molecule is CC1CN(C)CCCN1Cc1cccc(Cl)c1O. The standard InChI is InChI=1S/C14H21ClN2O/c1-11-9-16(2)7-4-8-17(11)10-12-5-3-6-13(15)14(12)18/h3,5-6,11,18H,4,7-10H2,1-2H3. The number of benzene rings is 1. The van der Waals surface area contributed by atoms with Crippen LogP contribution >= 0.6 is 11.6 Å². The van der Waals surface area contributed by atoms with Crippen molar-refractivity contribution in [2.75, 3.05) is 26.7 Å². The average molecular weight is 269 g/mol. The quantitative estimate of drug-likeness (QED) is 0.893. The molecule has 0 aliphatic carbocycles. The van der Waals surface area contributed by atoms with E-state index in [4.69, 9.17) is 11.6 Å². The van der Waals surface area contributed by atoms with Crippen molar-refractivity contribution in [1.29, 1.82) is 0 Å². The van der Waals surface area contributed by atoms with E-state index >= 15 is 0 Å². The van der Waals surface area contributed by atoms with Gasteiger partial charge in [-0.1, -0.05) is 23.7 Å². The molecule has 2 rings (SSSR count). The Bertz CT molecular complexity index is 411. The van der Waals surface area contributed by atoms with Crippen molar-refractivity contribution >= 4 is 11.6 Å². The molecular weight excluding hydrogens is 248 g/mol. The van der Waals surface area contributed by atoms with E-state index in [0.29, 0.717) is 11.1 Å². The maximum Gasteiger partial charge on any atom is 0.138 e. The predicted octanol–water partition coefficient (Wildman–Crippen LogP) is 2.57. The van der Waals surface area contributed by atoms with Gasteiger partial charge in [0.1, 0.15) is 5.75 Å². The van der Waals surface area contributed by atoms with Crippen LogP contribution in [0.2, 0.25) is 5.02 Å². The first-order valence-corrected chi connectivity index (χ1v) is 6.84. The molecule has 1 saturated heterocycles. The zero-order valence-electron chi connectivity index (χ0n) is 11.1. The maximum absolute atomic E-state index is 9.97. The first-order valence-electron chi connectivity index (χ1n) is 6.47. The predicted molar refractivity (Wildman–Crippen MR) is 75.1 cm³/mol. The van der Waals surface area contributed by atoms with Crippen LogP contribution in [0.4, 0.5) is 0 Å². The molecule has 0 saturated carbocycles. The molecule has 0 spiro atoms. The molecule has 1 fully saturated rings. The van der Waals surface area contributed by atoms with Crippen LogP contribution in [0.5, 0.6) is 5.75 Å². The van der Waals surface area contributed by atoms with Gasteiger partial charge in [-0.2, -0.15) is 0 Å². The van der Waals surface area contributed by atoms with E-state index in [9.17, 15) is 5.11 Å². The molecular formula is C14H21ClN2O. The third-order valence-electron chi connectivity index (χ3n) is 3.63. The fraction of sp³-hybridized carbons (Fsp3) is 0.571. The van der Waals surface area contributed by atoms with Crippen LogP contribution < -0.4 is 0 Å². The average Bonchev–Trinajstić information content (AvgIpc) is 2.47. The molecule has 0 aromatic heterocycles. The van der Waals surface area contributed by atoms with E-state index in [2.05, 4.69) is 23.8 Å². The number of rotatable bonds is 2. The van der Waals surface area contributed by atoms with Crippen LogP contribution in [0, 0.1) is 0 Å². The summed E-state index contributed by atoms with van der Waals surface area (Å²) >= 11 is 5.95. The van der Waals surface area contributed by atoms with Gasteiger partial charge in [0, 0.05) is 31.2 Å². The number of hydrogen-bond donors (Lipinski definition) is 1. The lowest BCUT2D eigenvalue weighted by Gasteiger charge is -2.28. The summed E-state index contributed by atoms with van der Waals surface area (Å²) in [5.74, 6) is 0.226. The number of nitrogens with zero attached hydrogens (tertiary/aromatic N) is 2. The highest BCUT2D eigenvalue weighted by atomic mass is 35.5. The van der Waals surface area contributed by atoms with Gasteiger partial charge >= 0.3 is 0 Å². The molecule has 1 heterocycles. The number of para-hydroxylation sites is 1. The number of halogens is 1.